The van der Waals surface area contributed by atoms with Crippen molar-refractivity contribution in [3.05, 3.63) is 54.2 Å². The molecular weight excluding hydrogens is 526 g/mol. The van der Waals surface area contributed by atoms with E-state index in [0.29, 0.717) is 11.4 Å². The Balaban J connectivity index is 1.81. The van der Waals surface area contributed by atoms with E-state index in [4.69, 9.17) is 5.73 Å². The summed E-state index contributed by atoms with van der Waals surface area (Å²) in [5.74, 6) is -2.88. The number of benzene rings is 1. The molecule has 4 atom stereocenters. The Kier molecular flexibility index (Phi) is 10.9. The first-order valence-corrected chi connectivity index (χ1v) is 13.6. The molecule has 14 heteroatoms. The molecule has 39 heavy (non-hydrogen) atoms. The van der Waals surface area contributed by atoms with E-state index < -0.39 is 54.5 Å². The molecule has 0 aliphatic carbocycles. The second-order valence-corrected chi connectivity index (χ2v) is 9.92. The van der Waals surface area contributed by atoms with Gasteiger partial charge in [0, 0.05) is 41.8 Å². The largest absolute Gasteiger partial charge is 0.480 e. The second kappa shape index (κ2) is 14.3. The lowest BCUT2D eigenvalue weighted by molar-refractivity contribution is -0.143. The number of carbonyl (C=O) groups is 4. The van der Waals surface area contributed by atoms with E-state index in [0.717, 1.165) is 16.5 Å². The molecule has 9 N–H and O–H groups in total. The summed E-state index contributed by atoms with van der Waals surface area (Å²) in [5.41, 5.74) is 8.37. The van der Waals surface area contributed by atoms with Crippen LogP contribution in [0.5, 0.6) is 0 Å². The van der Waals surface area contributed by atoms with Crippen LogP contribution in [0.15, 0.2) is 43.0 Å². The third-order valence-corrected chi connectivity index (χ3v) is 6.75. The van der Waals surface area contributed by atoms with Crippen LogP contribution in [-0.2, 0) is 32.0 Å². The summed E-state index contributed by atoms with van der Waals surface area (Å²) < 4.78 is 0. The number of fused-ring (bicyclic) bond motifs is 1. The number of hydrogen-bond donors (Lipinski definition) is 8. The van der Waals surface area contributed by atoms with Gasteiger partial charge < -0.3 is 41.9 Å². The lowest BCUT2D eigenvalue weighted by Crippen LogP contribution is -2.58. The summed E-state index contributed by atoms with van der Waals surface area (Å²) in [7, 11) is 0. The molecule has 13 nitrogen and oxygen atoms in total. The normalized spacial score (nSPS) is 14.2. The molecule has 0 spiro atoms. The number of carboxylic acids is 1. The number of nitrogens with two attached hydrogens (primary N) is 1. The molecule has 210 valence electrons. The Hall–Kier alpha value is -3.88. The van der Waals surface area contributed by atoms with Crippen molar-refractivity contribution in [2.45, 2.75) is 43.4 Å². The van der Waals surface area contributed by atoms with Gasteiger partial charge in [-0.1, -0.05) is 18.2 Å². The van der Waals surface area contributed by atoms with Crippen LogP contribution in [0.4, 0.5) is 0 Å². The summed E-state index contributed by atoms with van der Waals surface area (Å²) in [5, 5.41) is 26.9. The van der Waals surface area contributed by atoms with Gasteiger partial charge >= 0.3 is 5.97 Å². The summed E-state index contributed by atoms with van der Waals surface area (Å²) >= 11 is 1.44. The van der Waals surface area contributed by atoms with E-state index in [1.807, 2.05) is 30.5 Å². The molecule has 0 saturated carbocycles. The van der Waals surface area contributed by atoms with E-state index in [1.165, 1.54) is 18.1 Å². The standard InChI is InChI=1S/C25H33N7O6S/c1-39-7-6-19(23(35)32-21(12-33)25(37)38)30-24(36)20(8-14-10-28-18-5-3-2-4-16(14)18)31-22(34)17(26)9-15-11-27-13-29-15/h2-5,10-11,13,17,19-21,28,33H,6-9,12,26H2,1H3,(H,27,29)(H,30,36)(H,31,34)(H,32,35)(H,37,38). The van der Waals surface area contributed by atoms with Crippen LogP contribution in [0.25, 0.3) is 10.9 Å². The minimum Gasteiger partial charge on any atom is -0.480 e. The lowest BCUT2D eigenvalue weighted by atomic mass is 10.0. The van der Waals surface area contributed by atoms with E-state index in [2.05, 4.69) is 30.9 Å². The molecule has 0 fully saturated rings. The van der Waals surface area contributed by atoms with Crippen molar-refractivity contribution in [2.24, 2.45) is 5.73 Å². The van der Waals surface area contributed by atoms with E-state index in [-0.39, 0.29) is 19.3 Å². The van der Waals surface area contributed by atoms with Gasteiger partial charge in [0.15, 0.2) is 0 Å². The van der Waals surface area contributed by atoms with Crippen molar-refractivity contribution in [3.63, 3.8) is 0 Å². The molecule has 2 aromatic heterocycles. The number of carbonyl (C=O) groups excluding carboxylic acids is 3. The number of imidazole rings is 1. The molecule has 3 rings (SSSR count). The van der Waals surface area contributed by atoms with Gasteiger partial charge in [0.25, 0.3) is 0 Å². The van der Waals surface area contributed by atoms with Crippen LogP contribution in [0.3, 0.4) is 0 Å². The number of aliphatic hydroxyl groups is 1. The number of hydrogen-bond acceptors (Lipinski definition) is 8. The Morgan fingerprint density at radius 3 is 2.36 bits per heavy atom. The van der Waals surface area contributed by atoms with Crippen molar-refractivity contribution in [1.29, 1.82) is 0 Å². The summed E-state index contributed by atoms with van der Waals surface area (Å²) in [6.07, 6.45) is 7.06. The van der Waals surface area contributed by atoms with Gasteiger partial charge in [-0.15, -0.1) is 0 Å². The number of aromatic amines is 2. The van der Waals surface area contributed by atoms with Gasteiger partial charge in [-0.05, 0) is 30.1 Å². The Labute approximate surface area is 228 Å². The molecule has 1 aromatic carbocycles. The molecule has 2 heterocycles. The summed E-state index contributed by atoms with van der Waals surface area (Å²) in [6, 6.07) is 2.81. The van der Waals surface area contributed by atoms with Gasteiger partial charge in [0.05, 0.1) is 19.0 Å². The molecule has 3 aromatic rings. The monoisotopic (exact) mass is 559 g/mol. The molecular formula is C25H33N7O6S. The maximum atomic E-state index is 13.5. The summed E-state index contributed by atoms with van der Waals surface area (Å²) in [4.78, 5) is 60.6. The van der Waals surface area contributed by atoms with Crippen LogP contribution < -0.4 is 21.7 Å². The van der Waals surface area contributed by atoms with Crippen molar-refractivity contribution in [1.82, 2.24) is 30.9 Å². The topological polar surface area (TPSA) is 215 Å². The Bertz CT molecular complexity index is 1260. The van der Waals surface area contributed by atoms with Crippen LogP contribution in [-0.4, -0.2) is 91.6 Å². The van der Waals surface area contributed by atoms with Gasteiger partial charge in [-0.3, -0.25) is 14.4 Å². The van der Waals surface area contributed by atoms with Gasteiger partial charge in [-0.25, -0.2) is 9.78 Å². The molecule has 3 amide bonds. The highest BCUT2D eigenvalue weighted by Gasteiger charge is 2.30. The molecule has 0 aliphatic rings. The number of carboxylic acid groups (broad SMARTS) is 1. The quantitative estimate of drug-likeness (QED) is 0.118. The first kappa shape index (κ1) is 29.7. The first-order valence-electron chi connectivity index (χ1n) is 12.2. The van der Waals surface area contributed by atoms with E-state index >= 15 is 0 Å². The second-order valence-electron chi connectivity index (χ2n) is 8.94. The molecule has 0 saturated heterocycles. The van der Waals surface area contributed by atoms with Crippen LogP contribution in [0.2, 0.25) is 0 Å². The zero-order valence-corrected chi connectivity index (χ0v) is 22.2. The molecule has 0 bridgehead atoms. The van der Waals surface area contributed by atoms with Crippen molar-refractivity contribution < 1.29 is 29.4 Å². The number of H-pyrrole nitrogens is 2. The molecule has 0 aliphatic heterocycles. The van der Waals surface area contributed by atoms with Crippen LogP contribution in [0.1, 0.15) is 17.7 Å². The fourth-order valence-corrected chi connectivity index (χ4v) is 4.44. The number of amides is 3. The van der Waals surface area contributed by atoms with E-state index in [1.54, 1.807) is 12.4 Å². The highest BCUT2D eigenvalue weighted by Crippen LogP contribution is 2.19. The SMILES string of the molecule is CSCCC(NC(=O)C(Cc1c[nH]c2ccccc12)NC(=O)C(N)Cc1cnc[nH]1)C(=O)NC(CO)C(=O)O. The molecule has 0 radical (unpaired) electrons. The maximum Gasteiger partial charge on any atom is 0.328 e. The number of rotatable bonds is 15. The van der Waals surface area contributed by atoms with Gasteiger partial charge in [0.2, 0.25) is 17.7 Å². The minimum atomic E-state index is -1.52. The average molecular weight is 560 g/mol. The number of aliphatic carboxylic acids is 1. The predicted molar refractivity (Wildman–Crippen MR) is 146 cm³/mol. The summed E-state index contributed by atoms with van der Waals surface area (Å²) in [6.45, 7) is -0.808. The minimum absolute atomic E-state index is 0.101. The zero-order valence-electron chi connectivity index (χ0n) is 21.3. The van der Waals surface area contributed by atoms with Crippen molar-refractivity contribution in [3.8, 4) is 0 Å². The third kappa shape index (κ3) is 8.30. The highest BCUT2D eigenvalue weighted by molar-refractivity contribution is 7.98. The Morgan fingerprint density at radius 1 is 1.00 bits per heavy atom. The molecule has 4 unspecified atom stereocenters. The van der Waals surface area contributed by atoms with E-state index in [9.17, 15) is 29.4 Å². The number of nitrogens with zero attached hydrogens (tertiary/aromatic N) is 1. The smallest absolute Gasteiger partial charge is 0.328 e. The fraction of sp³-hybridized carbons (Fsp3) is 0.400. The third-order valence-electron chi connectivity index (χ3n) is 6.10. The van der Waals surface area contributed by atoms with Gasteiger partial charge in [-0.2, -0.15) is 11.8 Å². The van der Waals surface area contributed by atoms with Crippen LogP contribution >= 0.6 is 11.8 Å². The fourth-order valence-electron chi connectivity index (χ4n) is 3.97. The van der Waals surface area contributed by atoms with Crippen molar-refractivity contribution in [2.75, 3.05) is 18.6 Å². The number of thioether (sulfide) groups is 1. The number of nitrogens with one attached hydrogen (secondary N) is 5. The Morgan fingerprint density at radius 2 is 1.69 bits per heavy atom. The maximum absolute atomic E-state index is 13.5. The zero-order chi connectivity index (χ0) is 28.4. The predicted octanol–water partition coefficient (Wildman–Crippen LogP) is -0.712. The number of para-hydroxylation sites is 1. The number of aromatic nitrogens is 3. The highest BCUT2D eigenvalue weighted by atomic mass is 32.2. The van der Waals surface area contributed by atoms with Crippen LogP contribution in [0, 0.1) is 0 Å². The van der Waals surface area contributed by atoms with Gasteiger partial charge in [0.1, 0.15) is 18.1 Å². The average Bonchev–Trinajstić information content (AvgIpc) is 3.58. The first-order chi connectivity index (χ1) is 18.7. The van der Waals surface area contributed by atoms with Crippen molar-refractivity contribution >= 4 is 46.4 Å². The number of aliphatic hydroxyl groups excluding tert-OH is 1. The lowest BCUT2D eigenvalue weighted by Gasteiger charge is -2.25.